The SMILES string of the molecule is CN1CCc2c1ccc1[nH]c(C(=O)N3CCc4c3ccc3[nH]c(C(=O)Oc5c(F)c(F)cc(F)c5F)cc43)cc21. The van der Waals surface area contributed by atoms with Gasteiger partial charge in [0.25, 0.3) is 5.91 Å². The number of nitrogens with zero attached hydrogens (tertiary/aromatic N) is 2. The van der Waals surface area contributed by atoms with Crippen LogP contribution in [0.4, 0.5) is 28.9 Å². The van der Waals surface area contributed by atoms with E-state index in [-0.39, 0.29) is 17.7 Å². The molecular formula is C29H20F4N4O3. The zero-order valence-electron chi connectivity index (χ0n) is 21.0. The molecule has 2 aliphatic rings. The summed E-state index contributed by atoms with van der Waals surface area (Å²) in [5.74, 6) is -9.88. The van der Waals surface area contributed by atoms with E-state index < -0.39 is 35.0 Å². The summed E-state index contributed by atoms with van der Waals surface area (Å²) in [5.41, 5.74) is 5.56. The number of benzene rings is 3. The molecule has 0 saturated carbocycles. The molecule has 7 rings (SSSR count). The Balaban J connectivity index is 1.19. The molecule has 0 fully saturated rings. The van der Waals surface area contributed by atoms with Crippen molar-refractivity contribution in [3.63, 3.8) is 0 Å². The summed E-state index contributed by atoms with van der Waals surface area (Å²) in [7, 11) is 2.04. The lowest BCUT2D eigenvalue weighted by Gasteiger charge is -2.16. The molecule has 0 saturated heterocycles. The number of carbonyl (C=O) groups excluding carboxylic acids is 2. The molecule has 0 radical (unpaired) electrons. The third-order valence-corrected chi connectivity index (χ3v) is 7.73. The Bertz CT molecular complexity index is 1880. The van der Waals surface area contributed by atoms with Gasteiger partial charge in [0.1, 0.15) is 11.4 Å². The summed E-state index contributed by atoms with van der Waals surface area (Å²) in [6.07, 6.45) is 1.41. The number of fused-ring (bicyclic) bond motifs is 6. The number of hydrogen-bond acceptors (Lipinski definition) is 4. The minimum absolute atomic E-state index is 0.0300. The molecule has 1 amide bonds. The Morgan fingerprint density at radius 2 is 1.35 bits per heavy atom. The zero-order valence-corrected chi connectivity index (χ0v) is 21.0. The number of carbonyl (C=O) groups is 2. The lowest BCUT2D eigenvalue weighted by Crippen LogP contribution is -2.29. The van der Waals surface area contributed by atoms with Gasteiger partial charge in [-0.25, -0.2) is 13.6 Å². The van der Waals surface area contributed by atoms with Crippen LogP contribution >= 0.6 is 0 Å². The van der Waals surface area contributed by atoms with Crippen LogP contribution in [-0.4, -0.2) is 42.0 Å². The van der Waals surface area contributed by atoms with Crippen LogP contribution in [0.5, 0.6) is 5.75 Å². The van der Waals surface area contributed by atoms with Crippen molar-refractivity contribution in [2.75, 3.05) is 29.9 Å². The number of H-pyrrole nitrogens is 2. The summed E-state index contributed by atoms with van der Waals surface area (Å²) >= 11 is 0. The van der Waals surface area contributed by atoms with Crippen LogP contribution in [0.1, 0.15) is 32.1 Å². The van der Waals surface area contributed by atoms with Gasteiger partial charge < -0.3 is 24.5 Å². The number of esters is 1. The third kappa shape index (κ3) is 3.50. The first-order chi connectivity index (χ1) is 19.2. The summed E-state index contributed by atoms with van der Waals surface area (Å²) in [4.78, 5) is 36.2. The second-order valence-corrected chi connectivity index (χ2v) is 9.98. The average Bonchev–Trinajstić information content (AvgIpc) is 3.72. The molecular weight excluding hydrogens is 528 g/mol. The van der Waals surface area contributed by atoms with Gasteiger partial charge >= 0.3 is 5.97 Å². The summed E-state index contributed by atoms with van der Waals surface area (Å²) < 4.78 is 59.8. The van der Waals surface area contributed by atoms with E-state index in [9.17, 15) is 27.2 Å². The second-order valence-electron chi connectivity index (χ2n) is 9.98. The molecule has 0 spiro atoms. The van der Waals surface area contributed by atoms with Gasteiger partial charge in [0.2, 0.25) is 17.4 Å². The van der Waals surface area contributed by atoms with Crippen molar-refractivity contribution in [2.45, 2.75) is 12.8 Å². The van der Waals surface area contributed by atoms with Crippen molar-refractivity contribution in [1.82, 2.24) is 9.97 Å². The molecule has 0 bridgehead atoms. The lowest BCUT2D eigenvalue weighted by molar-refractivity contribution is 0.0712. The van der Waals surface area contributed by atoms with Crippen molar-refractivity contribution in [2.24, 2.45) is 0 Å². The van der Waals surface area contributed by atoms with Gasteiger partial charge in [-0.15, -0.1) is 0 Å². The quantitative estimate of drug-likeness (QED) is 0.133. The molecule has 0 unspecified atom stereocenters. The van der Waals surface area contributed by atoms with Crippen LogP contribution in [0.3, 0.4) is 0 Å². The average molecular weight is 548 g/mol. The van der Waals surface area contributed by atoms with Gasteiger partial charge in [0.05, 0.1) is 0 Å². The fourth-order valence-electron chi connectivity index (χ4n) is 5.76. The minimum atomic E-state index is -1.81. The highest BCUT2D eigenvalue weighted by Gasteiger charge is 2.30. The predicted molar refractivity (Wildman–Crippen MR) is 140 cm³/mol. The van der Waals surface area contributed by atoms with E-state index in [4.69, 9.17) is 0 Å². The number of amides is 1. The van der Waals surface area contributed by atoms with E-state index in [1.165, 1.54) is 11.6 Å². The molecule has 2 N–H and O–H groups in total. The first kappa shape index (κ1) is 24.3. The van der Waals surface area contributed by atoms with Crippen molar-refractivity contribution in [3.05, 3.63) is 88.2 Å². The number of ether oxygens (including phenoxy) is 1. The lowest BCUT2D eigenvalue weighted by atomic mass is 10.1. The highest BCUT2D eigenvalue weighted by atomic mass is 19.2. The largest absolute Gasteiger partial charge is 0.415 e. The molecule has 2 aromatic heterocycles. The molecule has 0 atom stereocenters. The number of anilines is 2. The molecule has 3 aromatic carbocycles. The molecule has 11 heteroatoms. The van der Waals surface area contributed by atoms with Gasteiger partial charge in [0, 0.05) is 59.4 Å². The maximum absolute atomic E-state index is 14.0. The van der Waals surface area contributed by atoms with E-state index in [2.05, 4.69) is 25.7 Å². The van der Waals surface area contributed by atoms with Crippen LogP contribution in [0.25, 0.3) is 21.8 Å². The maximum atomic E-state index is 14.0. The van der Waals surface area contributed by atoms with E-state index in [1.54, 1.807) is 17.0 Å². The predicted octanol–water partition coefficient (Wildman–Crippen LogP) is 5.62. The molecule has 2 aliphatic heterocycles. The number of halogens is 4. The Morgan fingerprint density at radius 1 is 0.775 bits per heavy atom. The highest BCUT2D eigenvalue weighted by Crippen LogP contribution is 2.38. The number of rotatable bonds is 3. The van der Waals surface area contributed by atoms with Crippen LogP contribution in [0, 0.1) is 23.3 Å². The molecule has 4 heterocycles. The minimum Gasteiger partial charge on any atom is -0.415 e. The van der Waals surface area contributed by atoms with Crippen molar-refractivity contribution >= 4 is 45.1 Å². The fourth-order valence-corrected chi connectivity index (χ4v) is 5.76. The van der Waals surface area contributed by atoms with E-state index in [0.717, 1.165) is 35.1 Å². The van der Waals surface area contributed by atoms with Crippen LogP contribution < -0.4 is 14.5 Å². The van der Waals surface area contributed by atoms with E-state index in [1.807, 2.05) is 19.2 Å². The summed E-state index contributed by atoms with van der Waals surface area (Å²) in [6, 6.07) is 10.8. The molecule has 40 heavy (non-hydrogen) atoms. The standard InChI is InChI=1S/C29H20F4N4O3/c1-36-8-6-13-15-10-21(34-19(15)2-4-23(13)36)28(38)37-9-7-14-16-11-22(35-20(16)3-5-24(14)37)29(39)40-27-25(32)17(30)12-18(31)26(27)33/h2-5,10-12,34-35H,6-9H2,1H3. The summed E-state index contributed by atoms with van der Waals surface area (Å²) in [6.45, 7) is 1.33. The Kier molecular flexibility index (Phi) is 5.22. The number of hydrogen-bond donors (Lipinski definition) is 2. The highest BCUT2D eigenvalue weighted by molar-refractivity contribution is 6.11. The normalized spacial score (nSPS) is 14.3. The maximum Gasteiger partial charge on any atom is 0.360 e. The topological polar surface area (TPSA) is 81.4 Å². The Hall–Kier alpha value is -4.80. The first-order valence-electron chi connectivity index (χ1n) is 12.6. The summed E-state index contributed by atoms with van der Waals surface area (Å²) in [5, 5.41) is 1.64. The molecule has 0 aliphatic carbocycles. The smallest absolute Gasteiger partial charge is 0.360 e. The Morgan fingerprint density at radius 3 is 2.05 bits per heavy atom. The van der Waals surface area contributed by atoms with E-state index >= 15 is 0 Å². The zero-order chi connectivity index (χ0) is 27.9. The molecule has 5 aromatic rings. The Labute approximate surface area is 223 Å². The first-order valence-corrected chi connectivity index (χ1v) is 12.6. The van der Waals surface area contributed by atoms with Crippen LogP contribution in [0.15, 0.2) is 42.5 Å². The number of aromatic nitrogens is 2. The van der Waals surface area contributed by atoms with Crippen molar-refractivity contribution < 1.29 is 31.9 Å². The number of likely N-dealkylation sites (N-methyl/N-ethyl adjacent to an activating group) is 1. The number of nitrogens with one attached hydrogen (secondary N) is 2. The van der Waals surface area contributed by atoms with Crippen molar-refractivity contribution in [1.29, 1.82) is 0 Å². The monoisotopic (exact) mass is 548 g/mol. The van der Waals surface area contributed by atoms with Crippen LogP contribution in [-0.2, 0) is 12.8 Å². The molecule has 7 nitrogen and oxygen atoms in total. The van der Waals surface area contributed by atoms with Gasteiger partial charge in [-0.1, -0.05) is 0 Å². The third-order valence-electron chi connectivity index (χ3n) is 7.73. The van der Waals surface area contributed by atoms with Gasteiger partial charge in [0.15, 0.2) is 11.6 Å². The number of aromatic amines is 2. The van der Waals surface area contributed by atoms with Crippen LogP contribution in [0.2, 0.25) is 0 Å². The van der Waals surface area contributed by atoms with Gasteiger partial charge in [-0.3, -0.25) is 4.79 Å². The molecule has 202 valence electrons. The van der Waals surface area contributed by atoms with Crippen molar-refractivity contribution in [3.8, 4) is 5.75 Å². The van der Waals surface area contributed by atoms with Gasteiger partial charge in [-0.2, -0.15) is 8.78 Å². The fraction of sp³-hybridized carbons (Fsp3) is 0.172. The van der Waals surface area contributed by atoms with Gasteiger partial charge in [-0.05, 0) is 60.4 Å². The second kappa shape index (κ2) is 8.60. The van der Waals surface area contributed by atoms with E-state index in [0.29, 0.717) is 35.2 Å².